The van der Waals surface area contributed by atoms with Crippen molar-refractivity contribution in [1.29, 1.82) is 0 Å². The van der Waals surface area contributed by atoms with E-state index in [1.54, 1.807) is 4.90 Å². The average Bonchev–Trinajstić information content (AvgIpc) is 2.88. The fourth-order valence-corrected chi connectivity index (χ4v) is 6.01. The predicted octanol–water partition coefficient (Wildman–Crippen LogP) is 5.12. The van der Waals surface area contributed by atoms with Crippen LogP contribution in [0, 0.1) is 6.92 Å². The number of hydrogen-bond acceptors (Lipinski definition) is 4. The van der Waals surface area contributed by atoms with Crippen molar-refractivity contribution in [3.8, 4) is 5.75 Å². The first-order valence-electron chi connectivity index (χ1n) is 12.9. The van der Waals surface area contributed by atoms with Gasteiger partial charge in [-0.2, -0.15) is 0 Å². The summed E-state index contributed by atoms with van der Waals surface area (Å²) in [6.07, 6.45) is 0.617. The van der Waals surface area contributed by atoms with Gasteiger partial charge in [-0.25, -0.2) is 4.79 Å². The standard InChI is InChI=1S/C30H32N4O3/c1-20-8-6-10-23(16-20)33-15-14-32(19-21(33)2)28(35)22-9-7-11-24(17-22)34-29(36)31-26-18-30(34,3)37-27-13-5-4-12-25(26)27/h4-13,16-17,21,26H,14-15,18-19H2,1-3H3,(H,31,36). The van der Waals surface area contributed by atoms with Crippen molar-refractivity contribution in [3.63, 3.8) is 0 Å². The van der Waals surface area contributed by atoms with Crippen molar-refractivity contribution >= 4 is 23.3 Å². The first-order chi connectivity index (χ1) is 17.8. The Balaban J connectivity index is 1.22. The molecule has 0 radical (unpaired) electrons. The van der Waals surface area contributed by atoms with Crippen LogP contribution in [-0.4, -0.2) is 48.2 Å². The fourth-order valence-electron chi connectivity index (χ4n) is 6.01. The number of aryl methyl sites for hydroxylation is 1. The van der Waals surface area contributed by atoms with E-state index in [4.69, 9.17) is 4.74 Å². The van der Waals surface area contributed by atoms with Crippen LogP contribution in [0.4, 0.5) is 16.2 Å². The lowest BCUT2D eigenvalue weighted by Gasteiger charge is -2.50. The molecule has 3 heterocycles. The van der Waals surface area contributed by atoms with Crippen LogP contribution in [-0.2, 0) is 0 Å². The van der Waals surface area contributed by atoms with E-state index in [1.807, 2.05) is 60.4 Å². The van der Waals surface area contributed by atoms with Gasteiger partial charge in [-0.3, -0.25) is 9.69 Å². The number of carbonyl (C=O) groups excluding carboxylic acids is 2. The highest BCUT2D eigenvalue weighted by atomic mass is 16.5. The van der Waals surface area contributed by atoms with E-state index < -0.39 is 5.72 Å². The molecule has 0 saturated carbocycles. The van der Waals surface area contributed by atoms with Crippen LogP contribution in [0.5, 0.6) is 5.75 Å². The van der Waals surface area contributed by atoms with Gasteiger partial charge in [-0.15, -0.1) is 0 Å². The maximum absolute atomic E-state index is 13.6. The molecule has 7 heteroatoms. The maximum Gasteiger partial charge on any atom is 0.325 e. The zero-order valence-corrected chi connectivity index (χ0v) is 21.5. The Morgan fingerprint density at radius 1 is 1.00 bits per heavy atom. The van der Waals surface area contributed by atoms with Gasteiger partial charge in [-0.05, 0) is 62.7 Å². The number of nitrogens with zero attached hydrogens (tertiary/aromatic N) is 3. The van der Waals surface area contributed by atoms with Gasteiger partial charge in [0.25, 0.3) is 5.91 Å². The minimum Gasteiger partial charge on any atom is -0.467 e. The minimum absolute atomic E-state index is 0.0204. The molecule has 3 aromatic carbocycles. The van der Waals surface area contributed by atoms with E-state index in [0.717, 1.165) is 17.9 Å². The topological polar surface area (TPSA) is 65.1 Å². The molecule has 190 valence electrons. The second kappa shape index (κ2) is 8.83. The molecule has 2 saturated heterocycles. The number of ether oxygens (including phenoxy) is 1. The van der Waals surface area contributed by atoms with Crippen molar-refractivity contribution < 1.29 is 14.3 Å². The molecule has 3 aliphatic rings. The number of nitrogens with one attached hydrogen (secondary N) is 1. The largest absolute Gasteiger partial charge is 0.467 e. The van der Waals surface area contributed by atoms with Gasteiger partial charge in [0.05, 0.1) is 11.7 Å². The third-order valence-corrected chi connectivity index (χ3v) is 7.78. The second-order valence-electron chi connectivity index (χ2n) is 10.5. The summed E-state index contributed by atoms with van der Waals surface area (Å²) < 4.78 is 6.38. The Morgan fingerprint density at radius 3 is 2.59 bits per heavy atom. The van der Waals surface area contributed by atoms with E-state index in [-0.39, 0.29) is 24.0 Å². The van der Waals surface area contributed by atoms with Gasteiger partial charge < -0.3 is 19.9 Å². The van der Waals surface area contributed by atoms with E-state index in [2.05, 4.69) is 48.3 Å². The smallest absolute Gasteiger partial charge is 0.325 e. The minimum atomic E-state index is -0.850. The molecule has 6 rings (SSSR count). The van der Waals surface area contributed by atoms with Gasteiger partial charge in [0.2, 0.25) is 0 Å². The Labute approximate surface area is 217 Å². The number of anilines is 2. The summed E-state index contributed by atoms with van der Waals surface area (Å²) in [6.45, 7) is 8.25. The number of urea groups is 1. The van der Waals surface area contributed by atoms with Crippen LogP contribution in [0.25, 0.3) is 0 Å². The summed E-state index contributed by atoms with van der Waals surface area (Å²) in [6, 6.07) is 23.5. The molecule has 3 unspecified atom stereocenters. The lowest BCUT2D eigenvalue weighted by molar-refractivity contribution is 0.0378. The zero-order valence-electron chi connectivity index (χ0n) is 21.5. The molecular formula is C30H32N4O3. The summed E-state index contributed by atoms with van der Waals surface area (Å²) in [5.41, 5.74) is 3.79. The van der Waals surface area contributed by atoms with Gasteiger partial charge in [0, 0.05) is 48.9 Å². The molecule has 37 heavy (non-hydrogen) atoms. The molecule has 0 aromatic heterocycles. The van der Waals surface area contributed by atoms with E-state index in [1.165, 1.54) is 11.3 Å². The highest BCUT2D eigenvalue weighted by Crippen LogP contribution is 2.45. The normalized spacial score (nSPS) is 24.7. The number of para-hydroxylation sites is 1. The number of amides is 3. The molecule has 3 aromatic rings. The Morgan fingerprint density at radius 2 is 1.78 bits per heavy atom. The van der Waals surface area contributed by atoms with Gasteiger partial charge >= 0.3 is 6.03 Å². The van der Waals surface area contributed by atoms with Gasteiger partial charge in [-0.1, -0.05) is 36.4 Å². The number of hydrogen-bond donors (Lipinski definition) is 1. The van der Waals surface area contributed by atoms with Gasteiger partial charge in [0.1, 0.15) is 5.75 Å². The fraction of sp³-hybridized carbons (Fsp3) is 0.333. The van der Waals surface area contributed by atoms with Crippen LogP contribution in [0.3, 0.4) is 0 Å². The van der Waals surface area contributed by atoms with Crippen LogP contribution in [0.1, 0.15) is 47.8 Å². The highest BCUT2D eigenvalue weighted by Gasteiger charge is 2.49. The summed E-state index contributed by atoms with van der Waals surface area (Å²) in [7, 11) is 0. The van der Waals surface area contributed by atoms with Crippen LogP contribution in [0.2, 0.25) is 0 Å². The monoisotopic (exact) mass is 496 g/mol. The SMILES string of the molecule is Cc1cccc(N2CCN(C(=O)c3cccc(N4C(=O)NC5CC4(C)Oc4ccccc45)c3)CC2C)c1. The van der Waals surface area contributed by atoms with Crippen molar-refractivity contribution in [3.05, 3.63) is 89.5 Å². The van der Waals surface area contributed by atoms with Crippen molar-refractivity contribution in [2.75, 3.05) is 29.4 Å². The number of piperazine rings is 1. The summed E-state index contributed by atoms with van der Waals surface area (Å²) >= 11 is 0. The predicted molar refractivity (Wildman–Crippen MR) is 144 cm³/mol. The lowest BCUT2D eigenvalue weighted by atomic mass is 9.90. The number of fused-ring (bicyclic) bond motifs is 4. The molecule has 1 N–H and O–H groups in total. The third kappa shape index (κ3) is 4.08. The molecule has 0 spiro atoms. The Kier molecular flexibility index (Phi) is 5.59. The Hall–Kier alpha value is -4.00. The van der Waals surface area contributed by atoms with Crippen LogP contribution in [0.15, 0.2) is 72.8 Å². The summed E-state index contributed by atoms with van der Waals surface area (Å²) in [5, 5.41) is 3.13. The number of benzene rings is 3. The maximum atomic E-state index is 13.6. The summed E-state index contributed by atoms with van der Waals surface area (Å²) in [4.78, 5) is 32.8. The molecule has 7 nitrogen and oxygen atoms in total. The van der Waals surface area contributed by atoms with Crippen LogP contribution >= 0.6 is 0 Å². The van der Waals surface area contributed by atoms with E-state index >= 15 is 0 Å². The third-order valence-electron chi connectivity index (χ3n) is 7.78. The molecule has 3 amide bonds. The lowest BCUT2D eigenvalue weighted by Crippen LogP contribution is -2.65. The van der Waals surface area contributed by atoms with Crippen molar-refractivity contribution in [1.82, 2.24) is 10.2 Å². The van der Waals surface area contributed by atoms with E-state index in [0.29, 0.717) is 30.8 Å². The molecule has 2 fully saturated rings. The first kappa shape index (κ1) is 23.4. The summed E-state index contributed by atoms with van der Waals surface area (Å²) in [5.74, 6) is 0.756. The Bertz CT molecular complexity index is 1370. The van der Waals surface area contributed by atoms with Gasteiger partial charge in [0.15, 0.2) is 5.72 Å². The molecule has 2 bridgehead atoms. The van der Waals surface area contributed by atoms with Crippen molar-refractivity contribution in [2.24, 2.45) is 0 Å². The molecule has 3 aliphatic heterocycles. The first-order valence-corrected chi connectivity index (χ1v) is 12.9. The highest BCUT2D eigenvalue weighted by molar-refractivity contribution is 5.99. The van der Waals surface area contributed by atoms with E-state index in [9.17, 15) is 9.59 Å². The zero-order chi connectivity index (χ0) is 25.7. The average molecular weight is 497 g/mol. The quantitative estimate of drug-likeness (QED) is 0.547. The molecule has 0 aliphatic carbocycles. The van der Waals surface area contributed by atoms with Crippen LogP contribution < -0.4 is 19.9 Å². The molecular weight excluding hydrogens is 464 g/mol. The number of carbonyl (C=O) groups is 2. The van der Waals surface area contributed by atoms with Crippen molar-refractivity contribution in [2.45, 2.75) is 45.0 Å². The second-order valence-corrected chi connectivity index (χ2v) is 10.5. The molecule has 3 atom stereocenters. The number of rotatable bonds is 3.